The summed E-state index contributed by atoms with van der Waals surface area (Å²) in [6.07, 6.45) is 0. The predicted molar refractivity (Wildman–Crippen MR) is 75.4 cm³/mol. The highest BCUT2D eigenvalue weighted by molar-refractivity contribution is 9.10. The number of halogens is 3. The monoisotopic (exact) mass is 341 g/mol. The van der Waals surface area contributed by atoms with E-state index < -0.39 is 0 Å². The quantitative estimate of drug-likeness (QED) is 0.730. The van der Waals surface area contributed by atoms with Crippen molar-refractivity contribution in [3.05, 3.63) is 56.5 Å². The van der Waals surface area contributed by atoms with Gasteiger partial charge in [0.15, 0.2) is 0 Å². The molecule has 0 aliphatic carbocycles. The van der Waals surface area contributed by atoms with Crippen LogP contribution >= 0.6 is 39.1 Å². The van der Waals surface area contributed by atoms with E-state index >= 15 is 0 Å². The number of rotatable bonds is 2. The van der Waals surface area contributed by atoms with Crippen molar-refractivity contribution in [2.75, 3.05) is 0 Å². The van der Waals surface area contributed by atoms with E-state index in [0.29, 0.717) is 27.1 Å². The fraction of sp³-hybridized carbons (Fsp3) is 0. The Hall–Kier alpha value is -1.21. The van der Waals surface area contributed by atoms with E-state index in [1.807, 2.05) is 6.07 Å². The molecule has 18 heavy (non-hydrogen) atoms. The molecular weight excluding hydrogens is 337 g/mol. The average molecular weight is 343 g/mol. The lowest BCUT2D eigenvalue weighted by molar-refractivity contribution is 0.481. The number of nitrogens with zero attached hydrogens (tertiary/aromatic N) is 1. The largest absolute Gasteiger partial charge is 0.454 e. The van der Waals surface area contributed by atoms with Gasteiger partial charge in [-0.05, 0) is 30.3 Å². The van der Waals surface area contributed by atoms with Gasteiger partial charge in [0.05, 0.1) is 10.6 Å². The number of hydrogen-bond acceptors (Lipinski definition) is 2. The second-order valence-corrected chi connectivity index (χ2v) is 5.19. The fourth-order valence-electron chi connectivity index (χ4n) is 1.35. The van der Waals surface area contributed by atoms with Crippen LogP contribution < -0.4 is 4.74 Å². The molecule has 0 aromatic heterocycles. The Morgan fingerprint density at radius 3 is 2.50 bits per heavy atom. The molecule has 2 nitrogen and oxygen atoms in total. The van der Waals surface area contributed by atoms with Crippen LogP contribution in [-0.2, 0) is 0 Å². The highest BCUT2D eigenvalue weighted by atomic mass is 79.9. The first-order valence-corrected chi connectivity index (χ1v) is 6.47. The van der Waals surface area contributed by atoms with Crippen LogP contribution in [0.25, 0.3) is 0 Å². The highest BCUT2D eigenvalue weighted by Crippen LogP contribution is 2.34. The summed E-state index contributed by atoms with van der Waals surface area (Å²) in [5.74, 6) is 0.854. The number of hydrogen-bond donors (Lipinski definition) is 0. The molecule has 0 saturated carbocycles. The van der Waals surface area contributed by atoms with Crippen molar-refractivity contribution in [1.82, 2.24) is 0 Å². The normalized spacial score (nSPS) is 9.89. The SMILES string of the molecule is N#Cc1ccc(Cl)cc1Oc1ccc(Br)cc1Cl. The van der Waals surface area contributed by atoms with E-state index in [1.54, 1.807) is 36.4 Å². The maximum Gasteiger partial charge on any atom is 0.146 e. The Balaban J connectivity index is 2.40. The molecular formula is C13H6BrCl2NO. The number of nitriles is 1. The summed E-state index contributed by atoms with van der Waals surface area (Å²) in [4.78, 5) is 0. The first kappa shape index (κ1) is 13.2. The van der Waals surface area contributed by atoms with Gasteiger partial charge in [0.2, 0.25) is 0 Å². The van der Waals surface area contributed by atoms with E-state index in [4.69, 9.17) is 33.2 Å². The van der Waals surface area contributed by atoms with Crippen LogP contribution in [0.3, 0.4) is 0 Å². The van der Waals surface area contributed by atoms with Gasteiger partial charge in [0.1, 0.15) is 17.6 Å². The molecule has 0 radical (unpaired) electrons. The Bertz CT molecular complexity index is 637. The van der Waals surface area contributed by atoms with Crippen LogP contribution in [0.4, 0.5) is 0 Å². The van der Waals surface area contributed by atoms with E-state index in [0.717, 1.165) is 4.47 Å². The molecule has 0 unspecified atom stereocenters. The van der Waals surface area contributed by atoms with Crippen LogP contribution in [0.15, 0.2) is 40.9 Å². The molecule has 0 heterocycles. The standard InChI is InChI=1S/C13H6BrCl2NO/c14-9-2-4-12(11(16)5-9)18-13-6-10(15)3-1-8(13)7-17/h1-6H. The predicted octanol–water partition coefficient (Wildman–Crippen LogP) is 5.42. The lowest BCUT2D eigenvalue weighted by atomic mass is 10.2. The molecule has 0 fully saturated rings. The average Bonchev–Trinajstić information content (AvgIpc) is 2.33. The van der Waals surface area contributed by atoms with Crippen molar-refractivity contribution >= 4 is 39.1 Å². The zero-order chi connectivity index (χ0) is 13.1. The Morgan fingerprint density at radius 2 is 1.83 bits per heavy atom. The second kappa shape index (κ2) is 5.62. The summed E-state index contributed by atoms with van der Waals surface area (Å²) < 4.78 is 6.46. The Labute approximate surface area is 123 Å². The molecule has 0 aliphatic heterocycles. The van der Waals surface area contributed by atoms with Crippen LogP contribution in [-0.4, -0.2) is 0 Å². The summed E-state index contributed by atoms with van der Waals surface area (Å²) >= 11 is 15.2. The van der Waals surface area contributed by atoms with Gasteiger partial charge in [-0.1, -0.05) is 39.1 Å². The van der Waals surface area contributed by atoms with Crippen molar-refractivity contribution in [1.29, 1.82) is 5.26 Å². The maximum absolute atomic E-state index is 8.99. The van der Waals surface area contributed by atoms with Gasteiger partial charge >= 0.3 is 0 Å². The van der Waals surface area contributed by atoms with Gasteiger partial charge in [-0.3, -0.25) is 0 Å². The zero-order valence-corrected chi connectivity index (χ0v) is 12.1. The molecule has 5 heteroatoms. The molecule has 0 saturated heterocycles. The summed E-state index contributed by atoms with van der Waals surface area (Å²) in [5.41, 5.74) is 0.401. The molecule has 0 amide bonds. The van der Waals surface area contributed by atoms with Gasteiger partial charge in [0.25, 0.3) is 0 Å². The van der Waals surface area contributed by atoms with Crippen molar-refractivity contribution in [3.63, 3.8) is 0 Å². The second-order valence-electron chi connectivity index (χ2n) is 3.43. The van der Waals surface area contributed by atoms with Gasteiger partial charge < -0.3 is 4.74 Å². The van der Waals surface area contributed by atoms with Crippen molar-refractivity contribution < 1.29 is 4.74 Å². The van der Waals surface area contributed by atoms with E-state index in [9.17, 15) is 0 Å². The van der Waals surface area contributed by atoms with E-state index in [1.165, 1.54) is 0 Å². The van der Waals surface area contributed by atoms with Gasteiger partial charge in [0, 0.05) is 15.6 Å². The minimum absolute atomic E-state index is 0.384. The Morgan fingerprint density at radius 1 is 1.06 bits per heavy atom. The van der Waals surface area contributed by atoms with Crippen LogP contribution in [0, 0.1) is 11.3 Å². The molecule has 0 spiro atoms. The minimum atomic E-state index is 0.384. The van der Waals surface area contributed by atoms with Gasteiger partial charge in [-0.15, -0.1) is 0 Å². The smallest absolute Gasteiger partial charge is 0.146 e. The van der Waals surface area contributed by atoms with Crippen LogP contribution in [0.1, 0.15) is 5.56 Å². The molecule has 2 aromatic carbocycles. The lowest BCUT2D eigenvalue weighted by Crippen LogP contribution is -1.89. The third-order valence-corrected chi connectivity index (χ3v) is 3.20. The lowest BCUT2D eigenvalue weighted by Gasteiger charge is -2.09. The summed E-state index contributed by atoms with van der Waals surface area (Å²) in [7, 11) is 0. The minimum Gasteiger partial charge on any atom is -0.454 e. The van der Waals surface area contributed by atoms with Crippen molar-refractivity contribution in [2.24, 2.45) is 0 Å². The Kier molecular flexibility index (Phi) is 4.13. The van der Waals surface area contributed by atoms with Crippen LogP contribution in [0.5, 0.6) is 11.5 Å². The molecule has 2 aromatic rings. The van der Waals surface area contributed by atoms with Crippen LogP contribution in [0.2, 0.25) is 10.0 Å². The molecule has 90 valence electrons. The van der Waals surface area contributed by atoms with E-state index in [2.05, 4.69) is 15.9 Å². The summed E-state index contributed by atoms with van der Waals surface area (Å²) in [6, 6.07) is 12.1. The molecule has 2 rings (SSSR count). The molecule has 0 atom stereocenters. The summed E-state index contributed by atoms with van der Waals surface area (Å²) in [6.45, 7) is 0. The molecule has 0 bridgehead atoms. The molecule has 0 aliphatic rings. The number of benzene rings is 2. The molecule has 0 N–H and O–H groups in total. The topological polar surface area (TPSA) is 33.0 Å². The third-order valence-electron chi connectivity index (χ3n) is 2.18. The zero-order valence-electron chi connectivity index (χ0n) is 8.95. The fourth-order valence-corrected chi connectivity index (χ4v) is 2.22. The summed E-state index contributed by atoms with van der Waals surface area (Å²) in [5, 5.41) is 9.94. The number of ether oxygens (including phenoxy) is 1. The first-order valence-electron chi connectivity index (χ1n) is 4.92. The third kappa shape index (κ3) is 2.97. The van der Waals surface area contributed by atoms with Crippen molar-refractivity contribution in [2.45, 2.75) is 0 Å². The first-order chi connectivity index (χ1) is 8.60. The van der Waals surface area contributed by atoms with E-state index in [-0.39, 0.29) is 0 Å². The maximum atomic E-state index is 8.99. The van der Waals surface area contributed by atoms with Crippen molar-refractivity contribution in [3.8, 4) is 17.6 Å². The van der Waals surface area contributed by atoms with Gasteiger partial charge in [-0.2, -0.15) is 5.26 Å². The highest BCUT2D eigenvalue weighted by Gasteiger charge is 2.08. The van der Waals surface area contributed by atoms with Gasteiger partial charge in [-0.25, -0.2) is 0 Å².